The van der Waals surface area contributed by atoms with Crippen molar-refractivity contribution >= 4 is 38.2 Å². The van der Waals surface area contributed by atoms with Crippen LogP contribution in [-0.2, 0) is 0 Å². The zero-order chi connectivity index (χ0) is 15.0. The summed E-state index contributed by atoms with van der Waals surface area (Å²) in [6.07, 6.45) is 1.83. The van der Waals surface area contributed by atoms with Crippen molar-refractivity contribution in [3.8, 4) is 10.6 Å². The summed E-state index contributed by atoms with van der Waals surface area (Å²) in [5.74, 6) is 0. The topological polar surface area (TPSA) is 37.8 Å². The standard InChI is InChI=1S/C16H16BrN3S/c1-9(18-3)15-10(2)20-16(21-15)12-6-7-13(17)11-5-4-8-19-14(11)12/h4-9,18H,1-3H3. The molecule has 108 valence electrons. The van der Waals surface area contributed by atoms with E-state index in [0.717, 1.165) is 31.6 Å². The monoisotopic (exact) mass is 361 g/mol. The summed E-state index contributed by atoms with van der Waals surface area (Å²) in [6, 6.07) is 8.50. The van der Waals surface area contributed by atoms with Gasteiger partial charge in [-0.1, -0.05) is 22.0 Å². The molecule has 2 heterocycles. The largest absolute Gasteiger partial charge is 0.312 e. The second-order valence-corrected chi connectivity index (χ2v) is 6.86. The van der Waals surface area contributed by atoms with E-state index in [1.807, 2.05) is 19.3 Å². The molecule has 1 aromatic carbocycles. The van der Waals surface area contributed by atoms with Crippen LogP contribution in [0.25, 0.3) is 21.5 Å². The fraction of sp³-hybridized carbons (Fsp3) is 0.250. The maximum absolute atomic E-state index is 4.75. The highest BCUT2D eigenvalue weighted by atomic mass is 79.9. The van der Waals surface area contributed by atoms with E-state index < -0.39 is 0 Å². The van der Waals surface area contributed by atoms with Crippen molar-refractivity contribution in [2.45, 2.75) is 19.9 Å². The molecule has 0 aliphatic rings. The summed E-state index contributed by atoms with van der Waals surface area (Å²) in [5.41, 5.74) is 3.17. The number of aryl methyl sites for hydroxylation is 1. The highest BCUT2D eigenvalue weighted by Crippen LogP contribution is 2.36. The van der Waals surface area contributed by atoms with Crippen LogP contribution in [0.1, 0.15) is 23.5 Å². The van der Waals surface area contributed by atoms with Gasteiger partial charge < -0.3 is 5.32 Å². The summed E-state index contributed by atoms with van der Waals surface area (Å²) < 4.78 is 1.06. The molecule has 0 saturated heterocycles. The lowest BCUT2D eigenvalue weighted by Crippen LogP contribution is -2.11. The number of nitrogens with one attached hydrogen (secondary N) is 1. The third kappa shape index (κ3) is 2.61. The van der Waals surface area contributed by atoms with Crippen LogP contribution >= 0.6 is 27.3 Å². The van der Waals surface area contributed by atoms with Crippen LogP contribution in [0.5, 0.6) is 0 Å². The van der Waals surface area contributed by atoms with Crippen LogP contribution in [0.3, 0.4) is 0 Å². The van der Waals surface area contributed by atoms with Gasteiger partial charge in [-0.05, 0) is 39.1 Å². The lowest BCUT2D eigenvalue weighted by Gasteiger charge is -2.07. The molecule has 5 heteroatoms. The van der Waals surface area contributed by atoms with Crippen LogP contribution in [0.4, 0.5) is 0 Å². The van der Waals surface area contributed by atoms with Gasteiger partial charge in [-0.3, -0.25) is 4.98 Å². The van der Waals surface area contributed by atoms with E-state index in [0.29, 0.717) is 6.04 Å². The minimum atomic E-state index is 0.311. The van der Waals surface area contributed by atoms with E-state index >= 15 is 0 Å². The van der Waals surface area contributed by atoms with Crippen molar-refractivity contribution in [1.29, 1.82) is 0 Å². The summed E-state index contributed by atoms with van der Waals surface area (Å²) in [7, 11) is 1.97. The molecular formula is C16H16BrN3S. The summed E-state index contributed by atoms with van der Waals surface area (Å²) in [5, 5.41) is 5.43. The van der Waals surface area contributed by atoms with Gasteiger partial charge in [-0.25, -0.2) is 4.98 Å². The average molecular weight is 362 g/mol. The Morgan fingerprint density at radius 3 is 2.86 bits per heavy atom. The number of hydrogen-bond donors (Lipinski definition) is 1. The van der Waals surface area contributed by atoms with Crippen molar-refractivity contribution < 1.29 is 0 Å². The third-order valence-corrected chi connectivity index (χ3v) is 5.67. The Balaban J connectivity index is 2.20. The molecule has 1 unspecified atom stereocenters. The normalized spacial score (nSPS) is 12.8. The number of benzene rings is 1. The summed E-state index contributed by atoms with van der Waals surface area (Å²) >= 11 is 5.33. The van der Waals surface area contributed by atoms with Crippen LogP contribution in [0.15, 0.2) is 34.9 Å². The zero-order valence-corrected chi connectivity index (χ0v) is 14.5. The molecule has 1 N–H and O–H groups in total. The van der Waals surface area contributed by atoms with Crippen LogP contribution in [0.2, 0.25) is 0 Å². The second-order valence-electron chi connectivity index (χ2n) is 4.97. The third-order valence-electron chi connectivity index (χ3n) is 3.61. The molecule has 0 radical (unpaired) electrons. The molecule has 1 atom stereocenters. The van der Waals surface area contributed by atoms with Crippen LogP contribution in [-0.4, -0.2) is 17.0 Å². The second kappa shape index (κ2) is 5.83. The SMILES string of the molecule is CNC(C)c1sc(-c2ccc(Br)c3cccnc23)nc1C. The minimum absolute atomic E-state index is 0.311. The first-order chi connectivity index (χ1) is 10.1. The summed E-state index contributed by atoms with van der Waals surface area (Å²) in [4.78, 5) is 10.6. The van der Waals surface area contributed by atoms with Gasteiger partial charge in [0.15, 0.2) is 0 Å². The lowest BCUT2D eigenvalue weighted by molar-refractivity contribution is 0.658. The fourth-order valence-electron chi connectivity index (χ4n) is 2.37. The molecule has 0 amide bonds. The molecule has 3 nitrogen and oxygen atoms in total. The molecular weight excluding hydrogens is 346 g/mol. The Bertz CT molecular complexity index is 797. The molecule has 0 saturated carbocycles. The Morgan fingerprint density at radius 2 is 2.10 bits per heavy atom. The van der Waals surface area contributed by atoms with Gasteiger partial charge in [0.1, 0.15) is 5.01 Å². The number of aromatic nitrogens is 2. The molecule has 0 aliphatic heterocycles. The van der Waals surface area contributed by atoms with Gasteiger partial charge in [-0.2, -0.15) is 0 Å². The van der Waals surface area contributed by atoms with Gasteiger partial charge in [0.25, 0.3) is 0 Å². The van der Waals surface area contributed by atoms with E-state index in [1.54, 1.807) is 11.3 Å². The number of fused-ring (bicyclic) bond motifs is 1. The zero-order valence-electron chi connectivity index (χ0n) is 12.1. The predicted octanol–water partition coefficient (Wildman–Crippen LogP) is 4.71. The summed E-state index contributed by atoms with van der Waals surface area (Å²) in [6.45, 7) is 4.22. The number of rotatable bonds is 3. The molecule has 21 heavy (non-hydrogen) atoms. The predicted molar refractivity (Wildman–Crippen MR) is 92.8 cm³/mol. The van der Waals surface area contributed by atoms with Crippen LogP contribution in [0, 0.1) is 6.92 Å². The van der Waals surface area contributed by atoms with Gasteiger partial charge in [-0.15, -0.1) is 11.3 Å². The number of halogens is 1. The Morgan fingerprint density at radius 1 is 1.29 bits per heavy atom. The van der Waals surface area contributed by atoms with Crippen molar-refractivity contribution in [2.75, 3.05) is 7.05 Å². The Kier molecular flexibility index (Phi) is 4.06. The smallest absolute Gasteiger partial charge is 0.126 e. The lowest BCUT2D eigenvalue weighted by atomic mass is 10.1. The molecule has 2 aromatic heterocycles. The maximum atomic E-state index is 4.75. The minimum Gasteiger partial charge on any atom is -0.312 e. The van der Waals surface area contributed by atoms with Gasteiger partial charge >= 0.3 is 0 Å². The molecule has 0 bridgehead atoms. The van der Waals surface area contributed by atoms with Crippen molar-refractivity contribution in [2.24, 2.45) is 0 Å². The highest BCUT2D eigenvalue weighted by molar-refractivity contribution is 9.10. The van der Waals surface area contributed by atoms with E-state index in [4.69, 9.17) is 4.98 Å². The van der Waals surface area contributed by atoms with Gasteiger partial charge in [0, 0.05) is 32.5 Å². The maximum Gasteiger partial charge on any atom is 0.126 e. The molecule has 0 spiro atoms. The Hall–Kier alpha value is -1.30. The molecule has 3 aromatic rings. The first kappa shape index (κ1) is 14.6. The van der Waals surface area contributed by atoms with E-state index in [9.17, 15) is 0 Å². The number of hydrogen-bond acceptors (Lipinski definition) is 4. The van der Waals surface area contributed by atoms with Crippen molar-refractivity contribution in [3.05, 3.63) is 45.5 Å². The fourth-order valence-corrected chi connectivity index (χ4v) is 3.97. The highest BCUT2D eigenvalue weighted by Gasteiger charge is 2.16. The number of thiazole rings is 1. The number of pyridine rings is 1. The molecule has 0 fully saturated rings. The van der Waals surface area contributed by atoms with E-state index in [-0.39, 0.29) is 0 Å². The van der Waals surface area contributed by atoms with Crippen molar-refractivity contribution in [3.63, 3.8) is 0 Å². The van der Waals surface area contributed by atoms with Gasteiger partial charge in [0.2, 0.25) is 0 Å². The van der Waals surface area contributed by atoms with Gasteiger partial charge in [0.05, 0.1) is 11.2 Å². The Labute approximate surface area is 136 Å². The van der Waals surface area contributed by atoms with E-state index in [2.05, 4.69) is 58.3 Å². The van der Waals surface area contributed by atoms with Crippen molar-refractivity contribution in [1.82, 2.24) is 15.3 Å². The van der Waals surface area contributed by atoms with E-state index in [1.165, 1.54) is 4.88 Å². The molecule has 0 aliphatic carbocycles. The van der Waals surface area contributed by atoms with Crippen LogP contribution < -0.4 is 5.32 Å². The molecule has 3 rings (SSSR count). The quantitative estimate of drug-likeness (QED) is 0.733. The first-order valence-electron chi connectivity index (χ1n) is 6.80. The first-order valence-corrected chi connectivity index (χ1v) is 8.41. The number of nitrogens with zero attached hydrogens (tertiary/aromatic N) is 2. The average Bonchev–Trinajstić information content (AvgIpc) is 2.89.